The first-order valence-electron chi connectivity index (χ1n) is 4.03. The first-order valence-corrected chi connectivity index (χ1v) is 4.82. The van der Waals surface area contributed by atoms with E-state index in [1.165, 1.54) is 0 Å². The molecule has 0 aromatic carbocycles. The second-order valence-corrected chi connectivity index (χ2v) is 3.81. The third-order valence-corrected chi connectivity index (χ3v) is 2.03. The van der Waals surface area contributed by atoms with Gasteiger partial charge in [0.2, 0.25) is 7.28 Å². The molecule has 0 aliphatic heterocycles. The Morgan fingerprint density at radius 3 is 2.67 bits per heavy atom. The fourth-order valence-corrected chi connectivity index (χ4v) is 1.33. The summed E-state index contributed by atoms with van der Waals surface area (Å²) in [7, 11) is 1.89. The molecular weight excluding hydrogens is 217 g/mol. The Hall–Kier alpha value is -0.315. The van der Waals surface area contributed by atoms with Crippen LogP contribution in [0.1, 0.15) is 13.8 Å². The predicted octanol–water partition coefficient (Wildman–Crippen LogP) is 1.07. The number of nitrogens with zero attached hydrogens (tertiary/aromatic N) is 3. The van der Waals surface area contributed by atoms with Crippen LogP contribution in [0.15, 0.2) is 4.73 Å². The number of rotatable bonds is 3. The van der Waals surface area contributed by atoms with E-state index in [-0.39, 0.29) is 0 Å². The molecule has 0 bridgehead atoms. The number of hydrogen-bond donors (Lipinski definition) is 0. The molecule has 0 atom stereocenters. The maximum atomic E-state index is 4.27. The van der Waals surface area contributed by atoms with E-state index in [1.54, 1.807) is 0 Å². The molecule has 65 valence electrons. The van der Waals surface area contributed by atoms with Gasteiger partial charge in [0, 0.05) is 6.54 Å². The molecule has 0 fully saturated rings. The molecule has 0 aliphatic carbocycles. The van der Waals surface area contributed by atoms with Crippen molar-refractivity contribution >= 4 is 28.9 Å². The SMILES string of the molecule is C[B]c1nc(Br)n(CC(C)C)n1. The molecule has 0 N–H and O–H groups in total. The quantitative estimate of drug-likeness (QED) is 0.725. The van der Waals surface area contributed by atoms with Crippen molar-refractivity contribution in [2.24, 2.45) is 5.92 Å². The minimum Gasteiger partial charge on any atom is -0.241 e. The van der Waals surface area contributed by atoms with E-state index >= 15 is 0 Å². The largest absolute Gasteiger partial charge is 0.241 e. The summed E-state index contributed by atoms with van der Waals surface area (Å²) in [5.41, 5.74) is 0.780. The molecule has 1 radical (unpaired) electrons. The zero-order valence-electron chi connectivity index (χ0n) is 7.58. The van der Waals surface area contributed by atoms with Crippen LogP contribution in [0.2, 0.25) is 6.82 Å². The van der Waals surface area contributed by atoms with Crippen LogP contribution in [0.25, 0.3) is 0 Å². The number of aromatic nitrogens is 3. The van der Waals surface area contributed by atoms with Crippen molar-refractivity contribution in [1.29, 1.82) is 0 Å². The summed E-state index contributed by atoms with van der Waals surface area (Å²) in [6.07, 6.45) is 0. The monoisotopic (exact) mass is 228 g/mol. The van der Waals surface area contributed by atoms with E-state index in [0.29, 0.717) is 5.92 Å². The topological polar surface area (TPSA) is 30.7 Å². The Bertz CT molecular complexity index is 259. The lowest BCUT2D eigenvalue weighted by molar-refractivity contribution is 0.476. The minimum atomic E-state index is 0.590. The molecule has 0 saturated carbocycles. The van der Waals surface area contributed by atoms with Gasteiger partial charge in [-0.2, -0.15) is 5.10 Å². The van der Waals surface area contributed by atoms with Gasteiger partial charge in [0.15, 0.2) is 4.73 Å². The zero-order chi connectivity index (χ0) is 9.14. The zero-order valence-corrected chi connectivity index (χ0v) is 9.17. The van der Waals surface area contributed by atoms with Crippen molar-refractivity contribution in [2.45, 2.75) is 27.2 Å². The fraction of sp³-hybridized carbons (Fsp3) is 0.714. The Kier molecular flexibility index (Phi) is 3.32. The van der Waals surface area contributed by atoms with E-state index in [2.05, 4.69) is 39.9 Å². The van der Waals surface area contributed by atoms with Gasteiger partial charge in [-0.25, -0.2) is 9.67 Å². The highest BCUT2D eigenvalue weighted by Crippen LogP contribution is 2.05. The average molecular weight is 229 g/mol. The summed E-state index contributed by atoms with van der Waals surface area (Å²) in [5, 5.41) is 4.27. The van der Waals surface area contributed by atoms with Crippen LogP contribution in [-0.4, -0.2) is 22.0 Å². The van der Waals surface area contributed by atoms with E-state index in [1.807, 2.05) is 18.8 Å². The maximum Gasteiger partial charge on any atom is 0.203 e. The minimum absolute atomic E-state index is 0.590. The lowest BCUT2D eigenvalue weighted by Gasteiger charge is -2.04. The Morgan fingerprint density at radius 1 is 1.58 bits per heavy atom. The van der Waals surface area contributed by atoms with Gasteiger partial charge in [-0.05, 0) is 21.8 Å². The molecule has 0 spiro atoms. The molecule has 1 heterocycles. The lowest BCUT2D eigenvalue weighted by atomic mass is 9.82. The second kappa shape index (κ2) is 4.07. The smallest absolute Gasteiger partial charge is 0.203 e. The van der Waals surface area contributed by atoms with Crippen molar-refractivity contribution in [3.63, 3.8) is 0 Å². The van der Waals surface area contributed by atoms with Crippen LogP contribution in [0.4, 0.5) is 0 Å². The van der Waals surface area contributed by atoms with Gasteiger partial charge in [0.1, 0.15) is 5.72 Å². The van der Waals surface area contributed by atoms with E-state index in [4.69, 9.17) is 0 Å². The molecule has 0 aliphatic rings. The molecule has 1 rings (SSSR count). The summed E-state index contributed by atoms with van der Waals surface area (Å²) in [4.78, 5) is 4.20. The first-order chi connectivity index (χ1) is 5.63. The van der Waals surface area contributed by atoms with E-state index < -0.39 is 0 Å². The summed E-state index contributed by atoms with van der Waals surface area (Å²) in [6.45, 7) is 7.15. The van der Waals surface area contributed by atoms with Gasteiger partial charge in [-0.1, -0.05) is 20.7 Å². The van der Waals surface area contributed by atoms with Crippen molar-refractivity contribution < 1.29 is 0 Å². The lowest BCUT2D eigenvalue weighted by Crippen LogP contribution is -2.17. The van der Waals surface area contributed by atoms with Crippen molar-refractivity contribution in [2.75, 3.05) is 0 Å². The highest BCUT2D eigenvalue weighted by molar-refractivity contribution is 9.10. The highest BCUT2D eigenvalue weighted by atomic mass is 79.9. The predicted molar refractivity (Wildman–Crippen MR) is 53.8 cm³/mol. The summed E-state index contributed by atoms with van der Waals surface area (Å²) in [5.74, 6) is 0.590. The third-order valence-electron chi connectivity index (χ3n) is 1.44. The molecule has 1 aromatic rings. The second-order valence-electron chi connectivity index (χ2n) is 3.10. The maximum absolute atomic E-state index is 4.27. The van der Waals surface area contributed by atoms with Gasteiger partial charge < -0.3 is 0 Å². The first kappa shape index (κ1) is 9.77. The van der Waals surface area contributed by atoms with Gasteiger partial charge in [-0.3, -0.25) is 0 Å². The molecular formula is C7H12BBrN3. The Labute approximate surface area is 81.9 Å². The fourth-order valence-electron chi connectivity index (χ4n) is 0.924. The van der Waals surface area contributed by atoms with Gasteiger partial charge >= 0.3 is 0 Å². The molecule has 12 heavy (non-hydrogen) atoms. The van der Waals surface area contributed by atoms with Crippen LogP contribution < -0.4 is 5.72 Å². The average Bonchev–Trinajstić information content (AvgIpc) is 2.31. The van der Waals surface area contributed by atoms with Crippen molar-refractivity contribution in [3.05, 3.63) is 4.73 Å². The van der Waals surface area contributed by atoms with Crippen LogP contribution in [0.5, 0.6) is 0 Å². The Balaban J connectivity index is 2.77. The van der Waals surface area contributed by atoms with Crippen LogP contribution in [0.3, 0.4) is 0 Å². The number of hydrogen-bond acceptors (Lipinski definition) is 2. The molecule has 3 nitrogen and oxygen atoms in total. The van der Waals surface area contributed by atoms with E-state index in [0.717, 1.165) is 17.0 Å². The van der Waals surface area contributed by atoms with Gasteiger partial charge in [-0.15, -0.1) is 0 Å². The van der Waals surface area contributed by atoms with Gasteiger partial charge in [0.25, 0.3) is 0 Å². The molecule has 1 aromatic heterocycles. The van der Waals surface area contributed by atoms with Gasteiger partial charge in [0.05, 0.1) is 0 Å². The Morgan fingerprint density at radius 2 is 2.25 bits per heavy atom. The summed E-state index contributed by atoms with van der Waals surface area (Å²) in [6, 6.07) is 0. The normalized spacial score (nSPS) is 10.8. The van der Waals surface area contributed by atoms with Crippen LogP contribution >= 0.6 is 15.9 Å². The van der Waals surface area contributed by atoms with E-state index in [9.17, 15) is 0 Å². The molecule has 5 heteroatoms. The molecule has 0 saturated heterocycles. The summed E-state index contributed by atoms with van der Waals surface area (Å²) >= 11 is 3.36. The molecule has 0 amide bonds. The van der Waals surface area contributed by atoms with Crippen LogP contribution in [0, 0.1) is 5.92 Å². The third kappa shape index (κ3) is 2.34. The van der Waals surface area contributed by atoms with Crippen LogP contribution in [-0.2, 0) is 6.54 Å². The molecule has 0 unspecified atom stereocenters. The number of halogens is 1. The van der Waals surface area contributed by atoms with Crippen molar-refractivity contribution in [3.8, 4) is 0 Å². The standard InChI is InChI=1S/C7H12BBrN3/c1-5(2)4-12-7(9)10-6(8-3)11-12/h5H,4H2,1-3H3. The van der Waals surface area contributed by atoms with Crippen molar-refractivity contribution in [1.82, 2.24) is 14.8 Å². The summed E-state index contributed by atoms with van der Waals surface area (Å²) < 4.78 is 2.68. The highest BCUT2D eigenvalue weighted by Gasteiger charge is 2.06.